The van der Waals surface area contributed by atoms with Gasteiger partial charge in [0.15, 0.2) is 0 Å². The molecular weight excluding hydrogens is 854 g/mol. The second-order valence-corrected chi connectivity index (χ2v) is 16.9. The summed E-state index contributed by atoms with van der Waals surface area (Å²) in [4.78, 5) is 4.60. The minimum Gasteiger partial charge on any atom is -0.311 e. The summed E-state index contributed by atoms with van der Waals surface area (Å²) >= 11 is 0. The van der Waals surface area contributed by atoms with E-state index in [1.807, 2.05) is 66.9 Å². The molecule has 4 heteroatoms. The standard InChI is InChI=1S/C30H20OP.C20H20N.Ir/c31-32(28-16-13-22-7-1-4-10-25(22)19-28,29-17-14-23-8-2-5-11-26(23)20-29)30-18-15-24-9-3-6-12-27(24)21-30;1-13(2)16-5-6-19-17(12-16)7-8-21-20(19)18-10-14(3)9-15(4)11-18;/h1-17,19-21H;5-10,12-13H,1-4H3;/q2*-1;. The minimum atomic E-state index is -3.15. The van der Waals surface area contributed by atoms with Crippen LogP contribution >= 0.6 is 7.14 Å². The summed E-state index contributed by atoms with van der Waals surface area (Å²) in [5.74, 6) is 0.541. The van der Waals surface area contributed by atoms with E-state index >= 15 is 4.57 Å². The van der Waals surface area contributed by atoms with E-state index in [4.69, 9.17) is 0 Å². The molecule has 9 aromatic rings. The van der Waals surface area contributed by atoms with Gasteiger partial charge in [-0.15, -0.1) is 51.7 Å². The van der Waals surface area contributed by atoms with Crippen molar-refractivity contribution in [3.63, 3.8) is 0 Å². The molecule has 0 aliphatic rings. The Morgan fingerprint density at radius 2 is 1.15 bits per heavy atom. The Kier molecular flexibility index (Phi) is 10.8. The van der Waals surface area contributed by atoms with Crippen LogP contribution in [-0.4, -0.2) is 4.98 Å². The fraction of sp³-hybridized carbons (Fsp3) is 0.100. The number of nitrogens with zero attached hydrogens (tertiary/aromatic N) is 1. The van der Waals surface area contributed by atoms with E-state index in [9.17, 15) is 0 Å². The molecule has 1 heterocycles. The van der Waals surface area contributed by atoms with E-state index in [0.717, 1.165) is 65.1 Å². The topological polar surface area (TPSA) is 30.0 Å². The summed E-state index contributed by atoms with van der Waals surface area (Å²) in [6, 6.07) is 60.8. The molecule has 0 saturated heterocycles. The van der Waals surface area contributed by atoms with Crippen LogP contribution in [0.4, 0.5) is 0 Å². The van der Waals surface area contributed by atoms with Crippen LogP contribution in [0.15, 0.2) is 164 Å². The SMILES string of the molecule is Cc1[c-]c(-c2nccc3cc(C(C)C)ccc23)cc(C)c1.O=P(c1[c-]cc2ccccc2c1)(c1ccc2ccccc2c1)c1ccc2ccccc2c1.[Ir]. The maximum atomic E-state index is 15.1. The molecule has 0 amide bonds. The van der Waals surface area contributed by atoms with Gasteiger partial charge >= 0.3 is 0 Å². The van der Waals surface area contributed by atoms with E-state index in [1.165, 1.54) is 21.9 Å². The number of fused-ring (bicyclic) bond motifs is 4. The maximum Gasteiger partial charge on any atom is 0.147 e. The molecular formula is C50H40IrNOP-2. The molecule has 1 aromatic heterocycles. The van der Waals surface area contributed by atoms with Crippen LogP contribution in [0.25, 0.3) is 54.3 Å². The maximum absolute atomic E-state index is 15.1. The van der Waals surface area contributed by atoms with Crippen molar-refractivity contribution in [3.8, 4) is 11.3 Å². The molecule has 267 valence electrons. The number of aryl methyl sites for hydroxylation is 2. The van der Waals surface area contributed by atoms with E-state index in [-0.39, 0.29) is 20.1 Å². The van der Waals surface area contributed by atoms with Gasteiger partial charge in [-0.3, -0.25) is 0 Å². The van der Waals surface area contributed by atoms with Crippen LogP contribution in [0, 0.1) is 26.0 Å². The molecule has 0 spiro atoms. The quantitative estimate of drug-likeness (QED) is 0.127. The average Bonchev–Trinajstić information content (AvgIpc) is 3.19. The number of rotatable bonds is 5. The zero-order valence-corrected chi connectivity index (χ0v) is 34.1. The van der Waals surface area contributed by atoms with Crippen LogP contribution < -0.4 is 15.9 Å². The van der Waals surface area contributed by atoms with Gasteiger partial charge in [0, 0.05) is 36.9 Å². The third-order valence-corrected chi connectivity index (χ3v) is 13.0. The molecule has 0 unspecified atom stereocenters. The Hall–Kier alpha value is -5.17. The van der Waals surface area contributed by atoms with Crippen LogP contribution in [0.1, 0.15) is 36.5 Å². The van der Waals surface area contributed by atoms with Gasteiger partial charge in [0.2, 0.25) is 0 Å². The van der Waals surface area contributed by atoms with Crippen molar-refractivity contribution in [2.75, 3.05) is 0 Å². The fourth-order valence-electron chi connectivity index (χ4n) is 7.26. The van der Waals surface area contributed by atoms with Crippen molar-refractivity contribution in [2.24, 2.45) is 0 Å². The Labute approximate surface area is 331 Å². The van der Waals surface area contributed by atoms with Crippen molar-refractivity contribution < 1.29 is 24.7 Å². The van der Waals surface area contributed by atoms with E-state index in [0.29, 0.717) is 5.92 Å². The van der Waals surface area contributed by atoms with E-state index < -0.39 is 7.14 Å². The zero-order chi connectivity index (χ0) is 36.5. The predicted molar refractivity (Wildman–Crippen MR) is 227 cm³/mol. The Morgan fingerprint density at radius 3 is 1.74 bits per heavy atom. The van der Waals surface area contributed by atoms with Gasteiger partial charge in [-0.2, -0.15) is 18.2 Å². The summed E-state index contributed by atoms with van der Waals surface area (Å²) in [5, 5.41) is 11.5. The first-order valence-electron chi connectivity index (χ1n) is 18.2. The molecule has 0 aliphatic heterocycles. The zero-order valence-electron chi connectivity index (χ0n) is 30.8. The van der Waals surface area contributed by atoms with E-state index in [2.05, 4.69) is 142 Å². The van der Waals surface area contributed by atoms with Crippen molar-refractivity contribution in [3.05, 3.63) is 193 Å². The first-order valence-corrected chi connectivity index (χ1v) is 19.9. The monoisotopic (exact) mass is 894 g/mol. The summed E-state index contributed by atoms with van der Waals surface area (Å²) in [7, 11) is -3.15. The largest absolute Gasteiger partial charge is 0.311 e. The number of benzene rings is 8. The summed E-state index contributed by atoms with van der Waals surface area (Å²) < 4.78 is 15.1. The Bertz CT molecular complexity index is 2620. The molecule has 0 aliphatic carbocycles. The third-order valence-electron chi connectivity index (χ3n) is 10.1. The molecule has 0 N–H and O–H groups in total. The van der Waals surface area contributed by atoms with Crippen LogP contribution in [-0.2, 0) is 24.7 Å². The number of hydrogen-bond acceptors (Lipinski definition) is 2. The summed E-state index contributed by atoms with van der Waals surface area (Å²) in [6.45, 7) is 8.65. The van der Waals surface area contributed by atoms with E-state index in [1.54, 1.807) is 0 Å². The van der Waals surface area contributed by atoms with Gasteiger partial charge in [-0.25, -0.2) is 0 Å². The molecule has 1 radical (unpaired) electrons. The van der Waals surface area contributed by atoms with Gasteiger partial charge in [0.05, 0.1) is 0 Å². The Morgan fingerprint density at radius 1 is 0.574 bits per heavy atom. The van der Waals surface area contributed by atoms with Gasteiger partial charge in [-0.1, -0.05) is 142 Å². The van der Waals surface area contributed by atoms with Crippen molar-refractivity contribution in [1.82, 2.24) is 4.98 Å². The second-order valence-electron chi connectivity index (χ2n) is 14.2. The molecule has 0 fully saturated rings. The normalized spacial score (nSPS) is 11.4. The molecule has 0 atom stereocenters. The smallest absolute Gasteiger partial charge is 0.147 e. The fourth-order valence-corrected chi connectivity index (χ4v) is 9.89. The van der Waals surface area contributed by atoms with Gasteiger partial charge in [-0.05, 0) is 67.7 Å². The second kappa shape index (κ2) is 15.7. The van der Waals surface area contributed by atoms with Gasteiger partial charge < -0.3 is 9.55 Å². The molecule has 0 saturated carbocycles. The van der Waals surface area contributed by atoms with Crippen molar-refractivity contribution in [1.29, 1.82) is 0 Å². The molecule has 9 rings (SSSR count). The molecule has 8 aromatic carbocycles. The van der Waals surface area contributed by atoms with Crippen molar-refractivity contribution in [2.45, 2.75) is 33.6 Å². The van der Waals surface area contributed by atoms with Crippen LogP contribution in [0.2, 0.25) is 0 Å². The van der Waals surface area contributed by atoms with Crippen LogP contribution in [0.3, 0.4) is 0 Å². The first kappa shape index (κ1) is 37.2. The number of pyridine rings is 1. The van der Waals surface area contributed by atoms with Gasteiger partial charge in [0.1, 0.15) is 7.14 Å². The minimum absolute atomic E-state index is 0. The third kappa shape index (κ3) is 7.33. The summed E-state index contributed by atoms with van der Waals surface area (Å²) in [6.07, 6.45) is 1.90. The van der Waals surface area contributed by atoms with Gasteiger partial charge in [0.25, 0.3) is 0 Å². The number of aromatic nitrogens is 1. The first-order chi connectivity index (χ1) is 25.8. The van der Waals surface area contributed by atoms with Crippen LogP contribution in [0.5, 0.6) is 0 Å². The average molecular weight is 894 g/mol. The predicted octanol–water partition coefficient (Wildman–Crippen LogP) is 12.0. The Balaban J connectivity index is 0.000000178. The van der Waals surface area contributed by atoms with Crippen molar-refractivity contribution >= 4 is 66.1 Å². The summed E-state index contributed by atoms with van der Waals surface area (Å²) in [5.41, 5.74) is 5.87. The molecule has 54 heavy (non-hydrogen) atoms. The molecule has 2 nitrogen and oxygen atoms in total. The molecule has 0 bridgehead atoms. The number of hydrogen-bond donors (Lipinski definition) is 0.